The van der Waals surface area contributed by atoms with E-state index in [4.69, 9.17) is 15.2 Å². The molecule has 2 amide bonds. The molecule has 9 heteroatoms. The third kappa shape index (κ3) is 5.35. The fraction of sp³-hybridized carbons (Fsp3) is 0.440. The standard InChI is InChI=1S/C25H32N2O6S/c1-6-33-21-12-16(10-11-20(21)32-4)19(15-34(5,30)31)27-14-18-9-7-8-17(22(18)23(27)28)13-25(2,3)24(26)29/h7-12,19H,6,13-15H2,1-5H3,(H2,26,29). The minimum Gasteiger partial charge on any atom is -0.493 e. The molecule has 0 saturated heterocycles. The Morgan fingerprint density at radius 3 is 2.50 bits per heavy atom. The lowest BCUT2D eigenvalue weighted by Crippen LogP contribution is -2.35. The molecule has 3 rings (SSSR count). The lowest BCUT2D eigenvalue weighted by atomic mass is 9.83. The van der Waals surface area contributed by atoms with Crippen LogP contribution in [0.3, 0.4) is 0 Å². The number of nitrogens with zero attached hydrogens (tertiary/aromatic N) is 1. The molecule has 1 atom stereocenters. The number of ether oxygens (including phenoxy) is 2. The molecule has 1 aliphatic heterocycles. The molecular weight excluding hydrogens is 456 g/mol. The van der Waals surface area contributed by atoms with Crippen molar-refractivity contribution in [1.29, 1.82) is 0 Å². The highest BCUT2D eigenvalue weighted by Crippen LogP contribution is 2.38. The zero-order chi connectivity index (χ0) is 25.3. The Hall–Kier alpha value is -3.07. The second-order valence-electron chi connectivity index (χ2n) is 9.26. The first-order valence-corrected chi connectivity index (χ1v) is 13.1. The van der Waals surface area contributed by atoms with Crippen molar-refractivity contribution in [3.63, 3.8) is 0 Å². The average Bonchev–Trinajstić information content (AvgIpc) is 3.08. The van der Waals surface area contributed by atoms with Crippen LogP contribution in [-0.4, -0.2) is 50.9 Å². The normalized spacial score (nSPS) is 14.6. The fourth-order valence-corrected chi connectivity index (χ4v) is 5.19. The van der Waals surface area contributed by atoms with Crippen molar-refractivity contribution >= 4 is 21.7 Å². The van der Waals surface area contributed by atoms with Crippen molar-refractivity contribution < 1.29 is 27.5 Å². The highest BCUT2D eigenvalue weighted by Gasteiger charge is 2.38. The summed E-state index contributed by atoms with van der Waals surface area (Å²) >= 11 is 0. The van der Waals surface area contributed by atoms with Crippen molar-refractivity contribution in [2.24, 2.45) is 11.1 Å². The summed E-state index contributed by atoms with van der Waals surface area (Å²) in [6.07, 6.45) is 1.46. The Labute approximate surface area is 201 Å². The van der Waals surface area contributed by atoms with Crippen LogP contribution in [0.1, 0.15) is 53.9 Å². The summed E-state index contributed by atoms with van der Waals surface area (Å²) in [5.41, 5.74) is 7.38. The average molecular weight is 489 g/mol. The van der Waals surface area contributed by atoms with Gasteiger partial charge in [0.25, 0.3) is 5.91 Å². The Balaban J connectivity index is 2.05. The van der Waals surface area contributed by atoms with Crippen LogP contribution < -0.4 is 15.2 Å². The molecule has 1 unspecified atom stereocenters. The van der Waals surface area contributed by atoms with Crippen LogP contribution in [-0.2, 0) is 27.6 Å². The fourth-order valence-electron chi connectivity index (χ4n) is 4.24. The SMILES string of the molecule is CCOc1cc(C(CS(C)(=O)=O)N2Cc3cccc(CC(C)(C)C(N)=O)c3C2=O)ccc1OC. The highest BCUT2D eigenvalue weighted by atomic mass is 32.2. The van der Waals surface area contributed by atoms with Crippen LogP contribution in [0.15, 0.2) is 36.4 Å². The maximum Gasteiger partial charge on any atom is 0.255 e. The largest absolute Gasteiger partial charge is 0.493 e. The Morgan fingerprint density at radius 1 is 1.21 bits per heavy atom. The van der Waals surface area contributed by atoms with Crippen molar-refractivity contribution in [2.45, 2.75) is 39.8 Å². The lowest BCUT2D eigenvalue weighted by molar-refractivity contribution is -0.125. The van der Waals surface area contributed by atoms with Crippen molar-refractivity contribution in [1.82, 2.24) is 4.90 Å². The van der Waals surface area contributed by atoms with Crippen molar-refractivity contribution in [3.05, 3.63) is 58.7 Å². The summed E-state index contributed by atoms with van der Waals surface area (Å²) in [5, 5.41) is 0. The number of hydrogen-bond donors (Lipinski definition) is 1. The van der Waals surface area contributed by atoms with Gasteiger partial charge in [-0.15, -0.1) is 0 Å². The van der Waals surface area contributed by atoms with Gasteiger partial charge in [0.2, 0.25) is 5.91 Å². The van der Waals surface area contributed by atoms with Crippen LogP contribution in [0.4, 0.5) is 0 Å². The zero-order valence-corrected chi connectivity index (χ0v) is 21.1. The van der Waals surface area contributed by atoms with Gasteiger partial charge in [-0.3, -0.25) is 9.59 Å². The third-order valence-corrected chi connectivity index (χ3v) is 6.98. The quantitative estimate of drug-likeness (QED) is 0.550. The second-order valence-corrected chi connectivity index (χ2v) is 11.4. The first kappa shape index (κ1) is 25.6. The molecular formula is C25H32N2O6S. The number of methoxy groups -OCH3 is 1. The molecule has 0 saturated carbocycles. The molecule has 1 heterocycles. The van der Waals surface area contributed by atoms with Gasteiger partial charge in [0.05, 0.1) is 25.5 Å². The van der Waals surface area contributed by atoms with E-state index in [1.807, 2.05) is 25.1 Å². The lowest BCUT2D eigenvalue weighted by Gasteiger charge is -2.28. The summed E-state index contributed by atoms with van der Waals surface area (Å²) in [5.74, 6) is 0.0364. The predicted molar refractivity (Wildman–Crippen MR) is 130 cm³/mol. The monoisotopic (exact) mass is 488 g/mol. The summed E-state index contributed by atoms with van der Waals surface area (Å²) in [4.78, 5) is 27.1. The smallest absolute Gasteiger partial charge is 0.255 e. The zero-order valence-electron chi connectivity index (χ0n) is 20.3. The molecule has 184 valence electrons. The first-order valence-electron chi connectivity index (χ1n) is 11.1. The van der Waals surface area contributed by atoms with Crippen molar-refractivity contribution in [3.8, 4) is 11.5 Å². The number of primary amides is 1. The van der Waals surface area contributed by atoms with E-state index >= 15 is 0 Å². The second kappa shape index (κ2) is 9.66. The summed E-state index contributed by atoms with van der Waals surface area (Å²) in [6.45, 7) is 5.99. The summed E-state index contributed by atoms with van der Waals surface area (Å²) in [6, 6.07) is 9.98. The van der Waals surface area contributed by atoms with Gasteiger partial charge in [0.1, 0.15) is 9.84 Å². The van der Waals surface area contributed by atoms with Gasteiger partial charge in [-0.25, -0.2) is 8.42 Å². The van der Waals surface area contributed by atoms with Gasteiger partial charge >= 0.3 is 0 Å². The summed E-state index contributed by atoms with van der Waals surface area (Å²) < 4.78 is 35.8. The molecule has 0 aliphatic carbocycles. The molecule has 0 aromatic heterocycles. The van der Waals surface area contributed by atoms with Crippen molar-refractivity contribution in [2.75, 3.05) is 25.7 Å². The molecule has 8 nitrogen and oxygen atoms in total. The number of carbonyl (C=O) groups excluding carboxylic acids is 2. The van der Waals surface area contributed by atoms with Crippen LogP contribution in [0.5, 0.6) is 11.5 Å². The number of carbonyl (C=O) groups is 2. The number of hydrogen-bond acceptors (Lipinski definition) is 6. The number of fused-ring (bicyclic) bond motifs is 1. The number of nitrogens with two attached hydrogens (primary N) is 1. The number of benzene rings is 2. The minimum atomic E-state index is -3.44. The number of rotatable bonds is 10. The maximum absolute atomic E-state index is 13.7. The minimum absolute atomic E-state index is 0.243. The molecule has 0 bridgehead atoms. The summed E-state index contributed by atoms with van der Waals surface area (Å²) in [7, 11) is -1.91. The van der Waals surface area contributed by atoms with E-state index in [1.165, 1.54) is 7.11 Å². The van der Waals surface area contributed by atoms with Gasteiger partial charge in [-0.1, -0.05) is 38.1 Å². The Bertz CT molecular complexity index is 1210. The molecule has 2 aromatic rings. The molecule has 2 aromatic carbocycles. The molecule has 0 spiro atoms. The van der Waals surface area contributed by atoms with Gasteiger partial charge in [0.15, 0.2) is 11.5 Å². The molecule has 2 N–H and O–H groups in total. The first-order chi connectivity index (χ1) is 15.9. The third-order valence-electron chi connectivity index (χ3n) is 6.06. The van der Waals surface area contributed by atoms with Crippen LogP contribution >= 0.6 is 0 Å². The van der Waals surface area contributed by atoms with Gasteiger partial charge in [-0.05, 0) is 42.2 Å². The molecule has 0 fully saturated rings. The highest BCUT2D eigenvalue weighted by molar-refractivity contribution is 7.90. The van der Waals surface area contributed by atoms with Gasteiger partial charge in [-0.2, -0.15) is 0 Å². The Morgan fingerprint density at radius 2 is 1.91 bits per heavy atom. The van der Waals surface area contributed by atoms with Crippen LogP contribution in [0, 0.1) is 5.41 Å². The predicted octanol–water partition coefficient (Wildman–Crippen LogP) is 2.89. The molecule has 34 heavy (non-hydrogen) atoms. The van der Waals surface area contributed by atoms with E-state index < -0.39 is 27.2 Å². The van der Waals surface area contributed by atoms with E-state index in [9.17, 15) is 18.0 Å². The topological polar surface area (TPSA) is 116 Å². The molecule has 0 radical (unpaired) electrons. The molecule has 1 aliphatic rings. The van der Waals surface area contributed by atoms with E-state index in [0.29, 0.717) is 35.7 Å². The Kier molecular flexibility index (Phi) is 7.26. The van der Waals surface area contributed by atoms with E-state index in [0.717, 1.165) is 17.4 Å². The van der Waals surface area contributed by atoms with Crippen LogP contribution in [0.2, 0.25) is 0 Å². The maximum atomic E-state index is 13.7. The van der Waals surface area contributed by atoms with Crippen LogP contribution in [0.25, 0.3) is 0 Å². The van der Waals surface area contributed by atoms with Gasteiger partial charge in [0, 0.05) is 23.8 Å². The number of amides is 2. The van der Waals surface area contributed by atoms with E-state index in [1.54, 1.807) is 36.9 Å². The number of sulfone groups is 1. The van der Waals surface area contributed by atoms with Gasteiger partial charge < -0.3 is 20.1 Å². The van der Waals surface area contributed by atoms with E-state index in [-0.39, 0.29) is 18.2 Å². The van der Waals surface area contributed by atoms with E-state index in [2.05, 4.69) is 0 Å².